The minimum Gasteiger partial charge on any atom is -0.343 e. The average Bonchev–Trinajstić information content (AvgIpc) is 3.19. The highest BCUT2D eigenvalue weighted by Gasteiger charge is 2.35. The Kier molecular flexibility index (Phi) is 7.26. The smallest absolute Gasteiger partial charge is 0.274 e. The SMILES string of the molecule is CCN(CC)C(=O)[C@@H]1CCCN(C(=O)c2nn(C)c3c2CN(C(=O)c2cccc(Cl)c2)CC3)C1. The van der Waals surface area contributed by atoms with Crippen LogP contribution in [0.2, 0.25) is 5.02 Å². The van der Waals surface area contributed by atoms with Crippen LogP contribution in [0.5, 0.6) is 0 Å². The molecule has 0 N–H and O–H groups in total. The molecule has 182 valence electrons. The zero-order chi connectivity index (χ0) is 24.4. The van der Waals surface area contributed by atoms with Crippen molar-refractivity contribution in [1.29, 1.82) is 0 Å². The van der Waals surface area contributed by atoms with Gasteiger partial charge in [0.2, 0.25) is 5.91 Å². The van der Waals surface area contributed by atoms with Crippen LogP contribution >= 0.6 is 11.6 Å². The third-order valence-corrected chi connectivity index (χ3v) is 7.17. The lowest BCUT2D eigenvalue weighted by molar-refractivity contribution is -0.136. The molecule has 34 heavy (non-hydrogen) atoms. The molecule has 1 atom stereocenters. The fourth-order valence-corrected chi connectivity index (χ4v) is 5.24. The summed E-state index contributed by atoms with van der Waals surface area (Å²) in [6, 6.07) is 6.91. The number of hydrogen-bond acceptors (Lipinski definition) is 4. The molecular weight excluding hydrogens is 454 g/mol. The van der Waals surface area contributed by atoms with Gasteiger partial charge in [-0.05, 0) is 44.9 Å². The van der Waals surface area contributed by atoms with E-state index in [4.69, 9.17) is 11.6 Å². The topological polar surface area (TPSA) is 78.8 Å². The Morgan fingerprint density at radius 1 is 1.12 bits per heavy atom. The summed E-state index contributed by atoms with van der Waals surface area (Å²) < 4.78 is 1.76. The normalized spacial score (nSPS) is 17.9. The van der Waals surface area contributed by atoms with Crippen molar-refractivity contribution in [2.24, 2.45) is 13.0 Å². The Labute approximate surface area is 205 Å². The zero-order valence-electron chi connectivity index (χ0n) is 20.1. The summed E-state index contributed by atoms with van der Waals surface area (Å²) in [5.74, 6) is -0.342. The molecule has 8 nitrogen and oxygen atoms in total. The van der Waals surface area contributed by atoms with Gasteiger partial charge in [0.25, 0.3) is 11.8 Å². The molecule has 1 fully saturated rings. The first-order chi connectivity index (χ1) is 16.3. The number of hydrogen-bond donors (Lipinski definition) is 0. The number of carbonyl (C=O) groups excluding carboxylic acids is 3. The predicted octanol–water partition coefficient (Wildman–Crippen LogP) is 2.99. The summed E-state index contributed by atoms with van der Waals surface area (Å²) in [4.78, 5) is 44.9. The van der Waals surface area contributed by atoms with Gasteiger partial charge in [-0.1, -0.05) is 17.7 Å². The van der Waals surface area contributed by atoms with E-state index < -0.39 is 0 Å². The van der Waals surface area contributed by atoms with E-state index in [2.05, 4.69) is 5.10 Å². The summed E-state index contributed by atoms with van der Waals surface area (Å²) in [7, 11) is 1.84. The van der Waals surface area contributed by atoms with Gasteiger partial charge in [-0.3, -0.25) is 19.1 Å². The van der Waals surface area contributed by atoms with Crippen LogP contribution in [0.4, 0.5) is 0 Å². The lowest BCUT2D eigenvalue weighted by Crippen LogP contribution is -2.47. The standard InChI is InChI=1S/C25H32ClN5O3/c1-4-29(5-2)24(33)18-9-7-12-30(15-18)25(34)22-20-16-31(13-11-21(20)28(3)27-22)23(32)17-8-6-10-19(26)14-17/h6,8,10,14,18H,4-5,7,9,11-13,15-16H2,1-3H3/t18-/m1/s1. The lowest BCUT2D eigenvalue weighted by atomic mass is 9.95. The molecule has 0 unspecified atom stereocenters. The molecule has 0 spiro atoms. The van der Waals surface area contributed by atoms with E-state index in [-0.39, 0.29) is 23.6 Å². The van der Waals surface area contributed by atoms with Gasteiger partial charge in [0.05, 0.1) is 12.5 Å². The first kappa shape index (κ1) is 24.3. The van der Waals surface area contributed by atoms with Gasteiger partial charge in [0.15, 0.2) is 5.69 Å². The third kappa shape index (κ3) is 4.69. The maximum absolute atomic E-state index is 13.6. The molecule has 0 bridgehead atoms. The maximum atomic E-state index is 13.6. The Morgan fingerprint density at radius 2 is 1.88 bits per heavy atom. The summed E-state index contributed by atoms with van der Waals surface area (Å²) in [5.41, 5.74) is 2.69. The number of benzene rings is 1. The summed E-state index contributed by atoms with van der Waals surface area (Å²) >= 11 is 6.08. The second kappa shape index (κ2) is 10.2. The van der Waals surface area contributed by atoms with Crippen LogP contribution in [-0.2, 0) is 24.8 Å². The van der Waals surface area contributed by atoms with Crippen LogP contribution in [0.15, 0.2) is 24.3 Å². The number of piperidine rings is 1. The monoisotopic (exact) mass is 485 g/mol. The molecule has 2 aromatic rings. The van der Waals surface area contributed by atoms with Crippen molar-refractivity contribution >= 4 is 29.3 Å². The maximum Gasteiger partial charge on any atom is 0.274 e. The molecule has 0 saturated carbocycles. The molecule has 1 aromatic heterocycles. The number of nitrogens with zero attached hydrogens (tertiary/aromatic N) is 5. The van der Waals surface area contributed by atoms with Crippen LogP contribution < -0.4 is 0 Å². The zero-order valence-corrected chi connectivity index (χ0v) is 20.8. The van der Waals surface area contributed by atoms with Crippen LogP contribution in [0.3, 0.4) is 0 Å². The third-order valence-electron chi connectivity index (χ3n) is 6.94. The number of fused-ring (bicyclic) bond motifs is 1. The molecule has 4 rings (SSSR count). The van der Waals surface area contributed by atoms with Crippen molar-refractivity contribution in [2.75, 3.05) is 32.7 Å². The molecule has 9 heteroatoms. The van der Waals surface area contributed by atoms with E-state index >= 15 is 0 Å². The van der Waals surface area contributed by atoms with Gasteiger partial charge in [-0.15, -0.1) is 0 Å². The number of rotatable bonds is 5. The van der Waals surface area contributed by atoms with Crippen molar-refractivity contribution in [2.45, 2.75) is 39.7 Å². The van der Waals surface area contributed by atoms with E-state index in [0.717, 1.165) is 24.1 Å². The Hall–Kier alpha value is -2.87. The molecule has 0 aliphatic carbocycles. The van der Waals surface area contributed by atoms with Gasteiger partial charge in [-0.25, -0.2) is 0 Å². The predicted molar refractivity (Wildman–Crippen MR) is 130 cm³/mol. The quantitative estimate of drug-likeness (QED) is 0.652. The number of amides is 3. The first-order valence-corrected chi connectivity index (χ1v) is 12.4. The molecule has 0 radical (unpaired) electrons. The summed E-state index contributed by atoms with van der Waals surface area (Å²) in [6.07, 6.45) is 2.21. The fraction of sp³-hybridized carbons (Fsp3) is 0.520. The number of halogens is 1. The lowest BCUT2D eigenvalue weighted by Gasteiger charge is -2.34. The Balaban J connectivity index is 1.53. The van der Waals surface area contributed by atoms with Crippen LogP contribution in [0.25, 0.3) is 0 Å². The van der Waals surface area contributed by atoms with Gasteiger partial charge >= 0.3 is 0 Å². The van der Waals surface area contributed by atoms with E-state index in [1.807, 2.05) is 25.8 Å². The Bertz CT molecular complexity index is 1090. The van der Waals surface area contributed by atoms with E-state index in [1.54, 1.807) is 38.7 Å². The van der Waals surface area contributed by atoms with E-state index in [1.165, 1.54) is 0 Å². The van der Waals surface area contributed by atoms with Crippen molar-refractivity contribution in [3.05, 3.63) is 51.8 Å². The number of carbonyl (C=O) groups is 3. The van der Waals surface area contributed by atoms with Crippen molar-refractivity contribution in [1.82, 2.24) is 24.5 Å². The molecular formula is C25H32ClN5O3. The van der Waals surface area contributed by atoms with Gasteiger partial charge in [-0.2, -0.15) is 5.10 Å². The van der Waals surface area contributed by atoms with E-state index in [9.17, 15) is 14.4 Å². The van der Waals surface area contributed by atoms with Crippen molar-refractivity contribution < 1.29 is 14.4 Å². The minimum atomic E-state index is -0.182. The number of likely N-dealkylation sites (tertiary alicyclic amines) is 1. The molecule has 2 aliphatic heterocycles. The van der Waals surface area contributed by atoms with E-state index in [0.29, 0.717) is 62.0 Å². The second-order valence-electron chi connectivity index (χ2n) is 8.99. The van der Waals surface area contributed by atoms with Crippen molar-refractivity contribution in [3.8, 4) is 0 Å². The highest BCUT2D eigenvalue weighted by atomic mass is 35.5. The molecule has 1 saturated heterocycles. The average molecular weight is 486 g/mol. The molecule has 1 aromatic carbocycles. The van der Waals surface area contributed by atoms with Crippen molar-refractivity contribution in [3.63, 3.8) is 0 Å². The first-order valence-electron chi connectivity index (χ1n) is 12.0. The highest BCUT2D eigenvalue weighted by Crippen LogP contribution is 2.27. The van der Waals surface area contributed by atoms with Crippen LogP contribution in [-0.4, -0.2) is 74.9 Å². The molecule has 3 heterocycles. The van der Waals surface area contributed by atoms with Gasteiger partial charge < -0.3 is 14.7 Å². The number of aryl methyl sites for hydroxylation is 1. The molecule has 2 aliphatic rings. The number of aromatic nitrogens is 2. The fourth-order valence-electron chi connectivity index (χ4n) is 5.05. The summed E-state index contributed by atoms with van der Waals surface area (Å²) in [5, 5.41) is 5.07. The second-order valence-corrected chi connectivity index (χ2v) is 9.42. The van der Waals surface area contributed by atoms with Crippen LogP contribution in [0, 0.1) is 5.92 Å². The highest BCUT2D eigenvalue weighted by molar-refractivity contribution is 6.30. The Morgan fingerprint density at radius 3 is 2.59 bits per heavy atom. The minimum absolute atomic E-state index is 0.113. The van der Waals surface area contributed by atoms with Crippen LogP contribution in [0.1, 0.15) is 58.8 Å². The van der Waals surface area contributed by atoms with Gasteiger partial charge in [0.1, 0.15) is 0 Å². The van der Waals surface area contributed by atoms with Gasteiger partial charge in [0, 0.05) is 68.0 Å². The molecule has 3 amide bonds. The summed E-state index contributed by atoms with van der Waals surface area (Å²) in [6.45, 7) is 7.19. The largest absolute Gasteiger partial charge is 0.343 e.